The smallest absolute Gasteiger partial charge is 0.211 e. The molecule has 0 saturated heterocycles. The first-order chi connectivity index (χ1) is 8.85. The topological polar surface area (TPSA) is 56.1 Å². The van der Waals surface area contributed by atoms with Crippen LogP contribution in [0.4, 0.5) is 5.69 Å². The van der Waals surface area contributed by atoms with Crippen LogP contribution in [0, 0.1) is 0 Å². The van der Waals surface area contributed by atoms with Crippen molar-refractivity contribution in [1.29, 1.82) is 0 Å². The molecular weight excluding hydrogens is 230 g/mol. The van der Waals surface area contributed by atoms with E-state index in [9.17, 15) is 4.79 Å². The Kier molecular flexibility index (Phi) is 3.96. The van der Waals surface area contributed by atoms with Crippen LogP contribution in [0.2, 0.25) is 0 Å². The minimum Gasteiger partial charge on any atom is -0.485 e. The van der Waals surface area contributed by atoms with Crippen LogP contribution in [0.15, 0.2) is 36.5 Å². The van der Waals surface area contributed by atoms with Crippen molar-refractivity contribution in [2.45, 2.75) is 20.1 Å². The molecule has 0 atom stereocenters. The van der Waals surface area contributed by atoms with Crippen molar-refractivity contribution in [3.63, 3.8) is 0 Å². The van der Waals surface area contributed by atoms with Crippen LogP contribution in [0.5, 0.6) is 5.75 Å². The average Bonchev–Trinajstić information content (AvgIpc) is 2.85. The molecule has 94 valence electrons. The standard InChI is InChI=1S/C13H15N3O2/c1-2-16-11(7-8-15-16)9-18-13-6-4-3-5-12(13)14-10-17/h3-8,10H,2,9H2,1H3,(H,14,17). The third-order valence-electron chi connectivity index (χ3n) is 2.58. The lowest BCUT2D eigenvalue weighted by Crippen LogP contribution is -2.07. The molecule has 0 saturated carbocycles. The second-order valence-electron chi connectivity index (χ2n) is 3.69. The normalized spacial score (nSPS) is 10.1. The van der Waals surface area contributed by atoms with E-state index in [2.05, 4.69) is 10.4 Å². The number of nitrogens with zero attached hydrogens (tertiary/aromatic N) is 2. The van der Waals surface area contributed by atoms with Gasteiger partial charge in [-0.15, -0.1) is 0 Å². The Morgan fingerprint density at radius 2 is 2.22 bits per heavy atom. The van der Waals surface area contributed by atoms with Crippen LogP contribution in [0.25, 0.3) is 0 Å². The molecule has 0 aliphatic rings. The lowest BCUT2D eigenvalue weighted by molar-refractivity contribution is -0.105. The Hall–Kier alpha value is -2.30. The van der Waals surface area contributed by atoms with Crippen molar-refractivity contribution < 1.29 is 9.53 Å². The van der Waals surface area contributed by atoms with E-state index >= 15 is 0 Å². The zero-order valence-corrected chi connectivity index (χ0v) is 10.2. The number of carbonyl (C=O) groups is 1. The SMILES string of the molecule is CCn1nccc1COc1ccccc1NC=O. The van der Waals surface area contributed by atoms with Gasteiger partial charge in [0.1, 0.15) is 12.4 Å². The minimum atomic E-state index is 0.422. The lowest BCUT2D eigenvalue weighted by Gasteiger charge is -2.11. The molecule has 1 aromatic heterocycles. The number of carbonyl (C=O) groups excluding carboxylic acids is 1. The van der Waals surface area contributed by atoms with E-state index in [-0.39, 0.29) is 0 Å². The average molecular weight is 245 g/mol. The van der Waals surface area contributed by atoms with Gasteiger partial charge < -0.3 is 10.1 Å². The monoisotopic (exact) mass is 245 g/mol. The molecular formula is C13H15N3O2. The van der Waals surface area contributed by atoms with Gasteiger partial charge in [0, 0.05) is 12.7 Å². The molecule has 2 rings (SSSR count). The van der Waals surface area contributed by atoms with E-state index < -0.39 is 0 Å². The van der Waals surface area contributed by atoms with Gasteiger partial charge in [-0.25, -0.2) is 0 Å². The quantitative estimate of drug-likeness (QED) is 0.792. The van der Waals surface area contributed by atoms with Crippen LogP contribution < -0.4 is 10.1 Å². The third kappa shape index (κ3) is 2.68. The number of aryl methyl sites for hydroxylation is 1. The number of benzene rings is 1. The van der Waals surface area contributed by atoms with Crippen LogP contribution in [0.3, 0.4) is 0 Å². The number of hydrogen-bond donors (Lipinski definition) is 1. The molecule has 1 amide bonds. The molecule has 0 fully saturated rings. The predicted octanol–water partition coefficient (Wildman–Crippen LogP) is 2.05. The van der Waals surface area contributed by atoms with Gasteiger partial charge in [-0.2, -0.15) is 5.10 Å². The molecule has 0 bridgehead atoms. The highest BCUT2D eigenvalue weighted by atomic mass is 16.5. The number of rotatable bonds is 6. The summed E-state index contributed by atoms with van der Waals surface area (Å²) >= 11 is 0. The molecule has 1 heterocycles. The first-order valence-corrected chi connectivity index (χ1v) is 5.78. The number of nitrogens with one attached hydrogen (secondary N) is 1. The molecule has 2 aromatic rings. The molecule has 5 nitrogen and oxygen atoms in total. The van der Waals surface area contributed by atoms with E-state index in [1.54, 1.807) is 12.3 Å². The number of hydrogen-bond acceptors (Lipinski definition) is 3. The number of aromatic nitrogens is 2. The van der Waals surface area contributed by atoms with E-state index in [1.165, 1.54) is 0 Å². The highest BCUT2D eigenvalue weighted by Gasteiger charge is 2.05. The fourth-order valence-electron chi connectivity index (χ4n) is 1.69. The molecule has 0 unspecified atom stereocenters. The Labute approximate surface area is 105 Å². The van der Waals surface area contributed by atoms with E-state index in [0.29, 0.717) is 24.5 Å². The van der Waals surface area contributed by atoms with Gasteiger partial charge in [0.25, 0.3) is 0 Å². The fraction of sp³-hybridized carbons (Fsp3) is 0.231. The maximum absolute atomic E-state index is 10.5. The molecule has 0 aliphatic carbocycles. The Morgan fingerprint density at radius 1 is 1.39 bits per heavy atom. The van der Waals surface area contributed by atoms with Crippen LogP contribution in [0.1, 0.15) is 12.6 Å². The maximum atomic E-state index is 10.5. The maximum Gasteiger partial charge on any atom is 0.211 e. The van der Waals surface area contributed by atoms with Crippen molar-refractivity contribution >= 4 is 12.1 Å². The van der Waals surface area contributed by atoms with E-state index in [0.717, 1.165) is 12.2 Å². The summed E-state index contributed by atoms with van der Waals surface area (Å²) in [6.07, 6.45) is 2.39. The fourth-order valence-corrected chi connectivity index (χ4v) is 1.69. The van der Waals surface area contributed by atoms with Crippen LogP contribution >= 0.6 is 0 Å². The van der Waals surface area contributed by atoms with Crippen LogP contribution in [-0.2, 0) is 17.9 Å². The Morgan fingerprint density at radius 3 is 3.00 bits per heavy atom. The van der Waals surface area contributed by atoms with Gasteiger partial charge >= 0.3 is 0 Å². The van der Waals surface area contributed by atoms with Crippen molar-refractivity contribution in [2.75, 3.05) is 5.32 Å². The summed E-state index contributed by atoms with van der Waals surface area (Å²) < 4.78 is 7.57. The van der Waals surface area contributed by atoms with Gasteiger partial charge in [-0.1, -0.05) is 12.1 Å². The van der Waals surface area contributed by atoms with Crippen LogP contribution in [-0.4, -0.2) is 16.2 Å². The number of amides is 1. The number of para-hydroxylation sites is 2. The Bertz CT molecular complexity index is 522. The molecule has 1 aromatic carbocycles. The zero-order chi connectivity index (χ0) is 12.8. The molecule has 18 heavy (non-hydrogen) atoms. The minimum absolute atomic E-state index is 0.422. The largest absolute Gasteiger partial charge is 0.485 e. The predicted molar refractivity (Wildman–Crippen MR) is 68.4 cm³/mol. The van der Waals surface area contributed by atoms with Gasteiger partial charge in [0.05, 0.1) is 11.4 Å². The van der Waals surface area contributed by atoms with Gasteiger partial charge in [-0.3, -0.25) is 9.48 Å². The molecule has 0 aliphatic heterocycles. The summed E-state index contributed by atoms with van der Waals surface area (Å²) in [7, 11) is 0. The van der Waals surface area contributed by atoms with Gasteiger partial charge in [-0.05, 0) is 25.1 Å². The Balaban J connectivity index is 2.08. The molecule has 5 heteroatoms. The number of ether oxygens (including phenoxy) is 1. The second-order valence-corrected chi connectivity index (χ2v) is 3.69. The summed E-state index contributed by atoms with van der Waals surface area (Å²) in [5.74, 6) is 0.647. The van der Waals surface area contributed by atoms with Gasteiger partial charge in [0.15, 0.2) is 0 Å². The third-order valence-corrected chi connectivity index (χ3v) is 2.58. The van der Waals surface area contributed by atoms with Crippen molar-refractivity contribution in [3.05, 3.63) is 42.2 Å². The molecule has 0 spiro atoms. The highest BCUT2D eigenvalue weighted by molar-refractivity contribution is 5.75. The molecule has 1 N–H and O–H groups in total. The second kappa shape index (κ2) is 5.86. The number of anilines is 1. The highest BCUT2D eigenvalue weighted by Crippen LogP contribution is 2.23. The summed E-state index contributed by atoms with van der Waals surface area (Å²) in [5.41, 5.74) is 1.66. The lowest BCUT2D eigenvalue weighted by atomic mass is 10.3. The van der Waals surface area contributed by atoms with Crippen molar-refractivity contribution in [1.82, 2.24) is 9.78 Å². The molecule has 0 radical (unpaired) electrons. The zero-order valence-electron chi connectivity index (χ0n) is 10.2. The summed E-state index contributed by atoms with van der Waals surface area (Å²) in [6.45, 7) is 3.25. The van der Waals surface area contributed by atoms with Gasteiger partial charge in [0.2, 0.25) is 6.41 Å². The van der Waals surface area contributed by atoms with Crippen molar-refractivity contribution in [2.24, 2.45) is 0 Å². The van der Waals surface area contributed by atoms with Crippen molar-refractivity contribution in [3.8, 4) is 5.75 Å². The first kappa shape index (κ1) is 12.2. The first-order valence-electron chi connectivity index (χ1n) is 5.78. The summed E-state index contributed by atoms with van der Waals surface area (Å²) in [5, 5.41) is 6.78. The summed E-state index contributed by atoms with van der Waals surface area (Å²) in [4.78, 5) is 10.5. The van der Waals surface area contributed by atoms with E-state index in [1.807, 2.05) is 35.9 Å². The van der Waals surface area contributed by atoms with E-state index in [4.69, 9.17) is 4.74 Å². The summed E-state index contributed by atoms with van der Waals surface area (Å²) in [6, 6.07) is 9.23.